The van der Waals surface area contributed by atoms with E-state index < -0.39 is 0 Å². The van der Waals surface area contributed by atoms with Gasteiger partial charge in [0.2, 0.25) is 0 Å². The molecule has 0 amide bonds. The van der Waals surface area contributed by atoms with Crippen LogP contribution in [0.5, 0.6) is 0 Å². The van der Waals surface area contributed by atoms with Crippen molar-refractivity contribution in [3.63, 3.8) is 0 Å². The van der Waals surface area contributed by atoms with Crippen molar-refractivity contribution in [1.29, 1.82) is 0 Å². The van der Waals surface area contributed by atoms with Gasteiger partial charge < -0.3 is 0 Å². The molecule has 1 aromatic carbocycles. The lowest BCUT2D eigenvalue weighted by Gasteiger charge is -1.96. The summed E-state index contributed by atoms with van der Waals surface area (Å²) in [5.74, 6) is 6.67. The third-order valence-electron chi connectivity index (χ3n) is 2.13. The zero-order valence-electron chi connectivity index (χ0n) is 7.59. The third kappa shape index (κ3) is 2.16. The van der Waals surface area contributed by atoms with Crippen LogP contribution in [0, 0.1) is 17.8 Å². The van der Waals surface area contributed by atoms with E-state index in [0.717, 1.165) is 11.8 Å². The Bertz CT molecular complexity index is 422. The van der Waals surface area contributed by atoms with Crippen LogP contribution in [0.3, 0.4) is 0 Å². The normalized spacial score (nSPS) is 14.4. The number of aldehydes is 1. The topological polar surface area (TPSA) is 17.1 Å². The maximum absolute atomic E-state index is 10.7. The summed E-state index contributed by atoms with van der Waals surface area (Å²) in [6.45, 7) is 0. The first-order valence-corrected chi connectivity index (χ1v) is 4.93. The SMILES string of the molecule is O=Cc1cc(Cl)ccc1C#CC1CC1. The molecule has 2 rings (SSSR count). The second-order valence-corrected chi connectivity index (χ2v) is 3.83. The van der Waals surface area contributed by atoms with E-state index in [9.17, 15) is 4.79 Å². The molecule has 0 bridgehead atoms. The Morgan fingerprint density at radius 2 is 2.21 bits per heavy atom. The highest BCUT2D eigenvalue weighted by Crippen LogP contribution is 2.27. The molecule has 1 fully saturated rings. The Kier molecular flexibility index (Phi) is 2.56. The van der Waals surface area contributed by atoms with Gasteiger partial charge in [0.1, 0.15) is 0 Å². The van der Waals surface area contributed by atoms with Crippen LogP contribution in [0.2, 0.25) is 5.02 Å². The Balaban J connectivity index is 2.32. The highest BCUT2D eigenvalue weighted by atomic mass is 35.5. The molecule has 0 atom stereocenters. The quantitative estimate of drug-likeness (QED) is 0.508. The highest BCUT2D eigenvalue weighted by Gasteiger charge is 2.17. The predicted molar refractivity (Wildman–Crippen MR) is 56.4 cm³/mol. The summed E-state index contributed by atoms with van der Waals surface area (Å²) in [7, 11) is 0. The molecule has 2 heteroatoms. The monoisotopic (exact) mass is 204 g/mol. The van der Waals surface area contributed by atoms with Crippen LogP contribution < -0.4 is 0 Å². The molecule has 0 heterocycles. The van der Waals surface area contributed by atoms with Gasteiger partial charge in [0.25, 0.3) is 0 Å². The minimum atomic E-state index is 0.546. The summed E-state index contributed by atoms with van der Waals surface area (Å²) in [4.78, 5) is 10.7. The van der Waals surface area contributed by atoms with Gasteiger partial charge in [0.15, 0.2) is 6.29 Å². The van der Waals surface area contributed by atoms with Gasteiger partial charge in [-0.3, -0.25) is 4.79 Å². The van der Waals surface area contributed by atoms with E-state index in [2.05, 4.69) is 11.8 Å². The molecule has 0 N–H and O–H groups in total. The lowest BCUT2D eigenvalue weighted by Crippen LogP contribution is -1.86. The van der Waals surface area contributed by atoms with Gasteiger partial charge in [-0.15, -0.1) is 0 Å². The molecule has 1 aliphatic carbocycles. The molecule has 1 nitrogen and oxygen atoms in total. The van der Waals surface area contributed by atoms with Crippen molar-refractivity contribution in [2.45, 2.75) is 12.8 Å². The zero-order valence-corrected chi connectivity index (χ0v) is 8.34. The minimum absolute atomic E-state index is 0.546. The van der Waals surface area contributed by atoms with E-state index in [1.54, 1.807) is 18.2 Å². The van der Waals surface area contributed by atoms with Gasteiger partial charge in [-0.05, 0) is 31.0 Å². The number of hydrogen-bond donors (Lipinski definition) is 0. The second kappa shape index (κ2) is 3.86. The first-order valence-electron chi connectivity index (χ1n) is 4.56. The Morgan fingerprint density at radius 1 is 1.43 bits per heavy atom. The molecular weight excluding hydrogens is 196 g/mol. The van der Waals surface area contributed by atoms with Crippen molar-refractivity contribution >= 4 is 17.9 Å². The molecule has 1 aromatic rings. The summed E-state index contributed by atoms with van der Waals surface area (Å²) < 4.78 is 0. The van der Waals surface area contributed by atoms with Crippen LogP contribution >= 0.6 is 11.6 Å². The smallest absolute Gasteiger partial charge is 0.151 e. The second-order valence-electron chi connectivity index (χ2n) is 3.39. The molecule has 0 spiro atoms. The molecule has 1 saturated carbocycles. The Labute approximate surface area is 88.1 Å². The lowest BCUT2D eigenvalue weighted by molar-refractivity contribution is 0.112. The van der Waals surface area contributed by atoms with E-state index in [1.165, 1.54) is 12.8 Å². The first kappa shape index (κ1) is 9.30. The van der Waals surface area contributed by atoms with Gasteiger partial charge >= 0.3 is 0 Å². The summed E-state index contributed by atoms with van der Waals surface area (Å²) >= 11 is 5.76. The van der Waals surface area contributed by atoms with Crippen LogP contribution in [0.25, 0.3) is 0 Å². The Hall–Kier alpha value is -1.26. The molecule has 70 valence electrons. The molecule has 0 radical (unpaired) electrons. The van der Waals surface area contributed by atoms with Crippen molar-refractivity contribution in [3.05, 3.63) is 34.3 Å². The van der Waals surface area contributed by atoms with E-state index in [-0.39, 0.29) is 0 Å². The van der Waals surface area contributed by atoms with Gasteiger partial charge in [0.05, 0.1) is 0 Å². The van der Waals surface area contributed by atoms with Crippen LogP contribution in [0.1, 0.15) is 28.8 Å². The van der Waals surface area contributed by atoms with Crippen molar-refractivity contribution in [2.24, 2.45) is 5.92 Å². The number of carbonyl (C=O) groups is 1. The molecule has 0 aliphatic heterocycles. The number of benzene rings is 1. The van der Waals surface area contributed by atoms with Gasteiger partial charge in [-0.2, -0.15) is 0 Å². The number of hydrogen-bond acceptors (Lipinski definition) is 1. The van der Waals surface area contributed by atoms with Crippen LogP contribution in [-0.4, -0.2) is 6.29 Å². The van der Waals surface area contributed by atoms with Crippen molar-refractivity contribution in [2.75, 3.05) is 0 Å². The lowest BCUT2D eigenvalue weighted by atomic mass is 10.1. The predicted octanol–water partition coefficient (Wildman–Crippen LogP) is 2.91. The largest absolute Gasteiger partial charge is 0.298 e. The van der Waals surface area contributed by atoms with Crippen LogP contribution in [0.15, 0.2) is 18.2 Å². The first-order chi connectivity index (χ1) is 6.79. The Morgan fingerprint density at radius 3 is 2.86 bits per heavy atom. The summed E-state index contributed by atoms with van der Waals surface area (Å²) in [5.41, 5.74) is 1.35. The molecule has 0 aromatic heterocycles. The van der Waals surface area contributed by atoms with Crippen LogP contribution in [0.4, 0.5) is 0 Å². The molecule has 0 unspecified atom stereocenters. The summed E-state index contributed by atoms with van der Waals surface area (Å²) in [5, 5.41) is 0.573. The van der Waals surface area contributed by atoms with Gasteiger partial charge in [-0.25, -0.2) is 0 Å². The van der Waals surface area contributed by atoms with Crippen molar-refractivity contribution in [1.82, 2.24) is 0 Å². The molecule has 14 heavy (non-hydrogen) atoms. The summed E-state index contributed by atoms with van der Waals surface area (Å²) in [6.07, 6.45) is 3.18. The summed E-state index contributed by atoms with van der Waals surface area (Å²) in [6, 6.07) is 5.19. The minimum Gasteiger partial charge on any atom is -0.298 e. The van der Waals surface area contributed by atoms with Crippen molar-refractivity contribution in [3.8, 4) is 11.8 Å². The van der Waals surface area contributed by atoms with Crippen LogP contribution in [-0.2, 0) is 0 Å². The average Bonchev–Trinajstić information content (AvgIpc) is 2.99. The fraction of sp³-hybridized carbons (Fsp3) is 0.250. The number of halogens is 1. The standard InChI is InChI=1S/C12H9ClO/c13-12-6-5-10(11(7-12)8-14)4-3-9-1-2-9/h5-9H,1-2H2. The van der Waals surface area contributed by atoms with E-state index >= 15 is 0 Å². The molecular formula is C12H9ClO. The molecule has 1 aliphatic rings. The van der Waals surface area contributed by atoms with E-state index in [1.807, 2.05) is 0 Å². The molecule has 0 saturated heterocycles. The number of rotatable bonds is 1. The third-order valence-corrected chi connectivity index (χ3v) is 2.36. The fourth-order valence-corrected chi connectivity index (χ4v) is 1.33. The van der Waals surface area contributed by atoms with E-state index in [0.29, 0.717) is 16.5 Å². The zero-order chi connectivity index (χ0) is 9.97. The van der Waals surface area contributed by atoms with Crippen molar-refractivity contribution < 1.29 is 4.79 Å². The highest BCUT2D eigenvalue weighted by molar-refractivity contribution is 6.30. The van der Waals surface area contributed by atoms with Gasteiger partial charge in [-0.1, -0.05) is 23.4 Å². The van der Waals surface area contributed by atoms with E-state index in [4.69, 9.17) is 11.6 Å². The number of carbonyl (C=O) groups excluding carboxylic acids is 1. The fourth-order valence-electron chi connectivity index (χ4n) is 1.15. The average molecular weight is 205 g/mol. The maximum atomic E-state index is 10.7. The maximum Gasteiger partial charge on any atom is 0.151 e. The van der Waals surface area contributed by atoms with Gasteiger partial charge in [0, 0.05) is 22.1 Å².